The number of nitrogens with two attached hydrogens (primary N) is 1. The Hall–Kier alpha value is -0.680. The number of amides is 1. The van der Waals surface area contributed by atoms with Gasteiger partial charge in [0.1, 0.15) is 0 Å². The van der Waals surface area contributed by atoms with Crippen LogP contribution in [0.25, 0.3) is 0 Å². The highest BCUT2D eigenvalue weighted by atomic mass is 32.1. The second kappa shape index (κ2) is 7.57. The minimum Gasteiger partial charge on any atom is -0.392 e. The highest BCUT2D eigenvalue weighted by Crippen LogP contribution is 2.06. The summed E-state index contributed by atoms with van der Waals surface area (Å²) in [4.78, 5) is 15.8. The van der Waals surface area contributed by atoms with E-state index in [-0.39, 0.29) is 11.9 Å². The maximum atomic E-state index is 11.7. The summed E-state index contributed by atoms with van der Waals surface area (Å²) < 4.78 is 0. The van der Waals surface area contributed by atoms with E-state index in [1.807, 2.05) is 6.92 Å². The van der Waals surface area contributed by atoms with Gasteiger partial charge < -0.3 is 10.6 Å². The molecule has 4 nitrogen and oxygen atoms in total. The molecule has 0 aromatic carbocycles. The van der Waals surface area contributed by atoms with Gasteiger partial charge in [0.2, 0.25) is 5.91 Å². The first-order valence-corrected chi connectivity index (χ1v) is 6.08. The van der Waals surface area contributed by atoms with Gasteiger partial charge in [-0.2, -0.15) is 0 Å². The van der Waals surface area contributed by atoms with Crippen LogP contribution in [0.1, 0.15) is 26.7 Å². The van der Waals surface area contributed by atoms with Crippen molar-refractivity contribution in [2.24, 2.45) is 5.73 Å². The van der Waals surface area contributed by atoms with Gasteiger partial charge in [0.25, 0.3) is 0 Å². The van der Waals surface area contributed by atoms with Crippen LogP contribution in [0.5, 0.6) is 0 Å². The zero-order valence-electron chi connectivity index (χ0n) is 10.7. The number of rotatable bonds is 7. The second-order valence-corrected chi connectivity index (χ2v) is 4.56. The molecule has 0 aromatic heterocycles. The predicted octanol–water partition coefficient (Wildman–Crippen LogP) is 0.851. The van der Waals surface area contributed by atoms with Crippen molar-refractivity contribution >= 4 is 23.1 Å². The van der Waals surface area contributed by atoms with Gasteiger partial charge in [-0.15, -0.1) is 0 Å². The van der Waals surface area contributed by atoms with E-state index in [0.717, 1.165) is 19.4 Å². The van der Waals surface area contributed by atoms with Gasteiger partial charge in [-0.1, -0.05) is 26.1 Å². The molecule has 2 N–H and O–H groups in total. The van der Waals surface area contributed by atoms with Gasteiger partial charge in [0, 0.05) is 14.1 Å². The molecule has 0 aromatic rings. The summed E-state index contributed by atoms with van der Waals surface area (Å²) in [5.41, 5.74) is 5.70. The number of carbonyl (C=O) groups excluding carboxylic acids is 1. The number of hydrogen-bond donors (Lipinski definition) is 1. The summed E-state index contributed by atoms with van der Waals surface area (Å²) in [6, 6.07) is 0.0267. The van der Waals surface area contributed by atoms with Crippen molar-refractivity contribution in [3.8, 4) is 0 Å². The molecule has 1 unspecified atom stereocenters. The molecule has 0 fully saturated rings. The molecule has 0 aliphatic heterocycles. The first kappa shape index (κ1) is 15.3. The molecule has 0 rings (SSSR count). The van der Waals surface area contributed by atoms with Crippen LogP contribution >= 0.6 is 12.2 Å². The molecule has 0 radical (unpaired) electrons. The average molecular weight is 245 g/mol. The van der Waals surface area contributed by atoms with Crippen molar-refractivity contribution in [2.45, 2.75) is 32.7 Å². The Kier molecular flexibility index (Phi) is 7.25. The van der Waals surface area contributed by atoms with E-state index in [4.69, 9.17) is 18.0 Å². The van der Waals surface area contributed by atoms with Crippen molar-refractivity contribution in [1.29, 1.82) is 0 Å². The Labute approximate surface area is 104 Å². The third kappa shape index (κ3) is 4.90. The maximum Gasteiger partial charge on any atom is 0.236 e. The van der Waals surface area contributed by atoms with Gasteiger partial charge in [-0.25, -0.2) is 0 Å². The lowest BCUT2D eigenvalue weighted by Gasteiger charge is -2.30. The number of thiocarbonyl (C=S) groups is 1. The minimum atomic E-state index is 0.0267. The summed E-state index contributed by atoms with van der Waals surface area (Å²) >= 11 is 5.04. The number of likely N-dealkylation sites (N-methyl/N-ethyl adjacent to an activating group) is 1. The van der Waals surface area contributed by atoms with Crippen LogP contribution in [-0.4, -0.2) is 53.9 Å². The summed E-state index contributed by atoms with van der Waals surface area (Å²) in [5, 5.41) is 0. The lowest BCUT2D eigenvalue weighted by molar-refractivity contribution is -0.130. The summed E-state index contributed by atoms with van der Waals surface area (Å²) in [5.74, 6) is 0.0863. The first-order chi connectivity index (χ1) is 7.43. The van der Waals surface area contributed by atoms with E-state index in [1.165, 1.54) is 0 Å². The van der Waals surface area contributed by atoms with Gasteiger partial charge in [0.15, 0.2) is 0 Å². The van der Waals surface area contributed by atoms with Gasteiger partial charge in [-0.05, 0) is 19.4 Å². The Bertz CT molecular complexity index is 243. The Morgan fingerprint density at radius 3 is 2.25 bits per heavy atom. The van der Waals surface area contributed by atoms with Crippen LogP contribution in [0.2, 0.25) is 0 Å². The fourth-order valence-corrected chi connectivity index (χ4v) is 1.90. The molecular formula is C11H23N3OS. The highest BCUT2D eigenvalue weighted by Gasteiger charge is 2.21. The van der Waals surface area contributed by atoms with E-state index in [9.17, 15) is 4.79 Å². The largest absolute Gasteiger partial charge is 0.392 e. The molecule has 1 amide bonds. The second-order valence-electron chi connectivity index (χ2n) is 4.09. The minimum absolute atomic E-state index is 0.0267. The molecule has 94 valence electrons. The van der Waals surface area contributed by atoms with Crippen LogP contribution in [0, 0.1) is 0 Å². The smallest absolute Gasteiger partial charge is 0.236 e. The van der Waals surface area contributed by atoms with Crippen LogP contribution in [0.3, 0.4) is 0 Å². The number of nitrogens with zero attached hydrogens (tertiary/aromatic N) is 2. The molecule has 0 aliphatic rings. The van der Waals surface area contributed by atoms with Crippen molar-refractivity contribution in [3.05, 3.63) is 0 Å². The number of carbonyl (C=O) groups is 1. The van der Waals surface area contributed by atoms with E-state index in [2.05, 4.69) is 11.8 Å². The Balaban J connectivity index is 4.58. The molecule has 16 heavy (non-hydrogen) atoms. The molecule has 0 saturated carbocycles. The van der Waals surface area contributed by atoms with E-state index in [1.54, 1.807) is 19.0 Å². The topological polar surface area (TPSA) is 49.6 Å². The summed E-state index contributed by atoms with van der Waals surface area (Å²) in [6.07, 6.45) is 1.83. The molecule has 0 spiro atoms. The normalized spacial score (nSPS) is 12.6. The van der Waals surface area contributed by atoms with Crippen LogP contribution < -0.4 is 5.73 Å². The summed E-state index contributed by atoms with van der Waals surface area (Å²) in [6.45, 7) is 5.35. The monoisotopic (exact) mass is 245 g/mol. The molecule has 5 heteroatoms. The van der Waals surface area contributed by atoms with Crippen LogP contribution in [-0.2, 0) is 4.79 Å². The molecule has 0 bridgehead atoms. The molecule has 0 saturated heterocycles. The molecular weight excluding hydrogens is 222 g/mol. The number of hydrogen-bond acceptors (Lipinski definition) is 3. The van der Waals surface area contributed by atoms with Crippen LogP contribution in [0.4, 0.5) is 0 Å². The van der Waals surface area contributed by atoms with Gasteiger partial charge in [-0.3, -0.25) is 9.69 Å². The quantitative estimate of drug-likeness (QED) is 0.676. The lowest BCUT2D eigenvalue weighted by atomic mass is 10.1. The van der Waals surface area contributed by atoms with Gasteiger partial charge >= 0.3 is 0 Å². The van der Waals surface area contributed by atoms with E-state index < -0.39 is 0 Å². The van der Waals surface area contributed by atoms with Gasteiger partial charge in [0.05, 0.1) is 17.6 Å². The Morgan fingerprint density at radius 1 is 1.38 bits per heavy atom. The van der Waals surface area contributed by atoms with Crippen molar-refractivity contribution in [1.82, 2.24) is 9.80 Å². The predicted molar refractivity (Wildman–Crippen MR) is 71.4 cm³/mol. The fraction of sp³-hybridized carbons (Fsp3) is 0.818. The lowest BCUT2D eigenvalue weighted by Crippen LogP contribution is -2.48. The zero-order valence-corrected chi connectivity index (χ0v) is 11.5. The molecule has 0 aliphatic carbocycles. The van der Waals surface area contributed by atoms with E-state index >= 15 is 0 Å². The van der Waals surface area contributed by atoms with Crippen molar-refractivity contribution in [3.63, 3.8) is 0 Å². The standard InChI is InChI=1S/C11H23N3OS/c1-5-7-14(8-10(15)13(3)4)9(6-2)11(12)16/h9H,5-8H2,1-4H3,(H2,12,16). The highest BCUT2D eigenvalue weighted by molar-refractivity contribution is 7.80. The maximum absolute atomic E-state index is 11.7. The first-order valence-electron chi connectivity index (χ1n) is 5.67. The van der Waals surface area contributed by atoms with E-state index in [0.29, 0.717) is 11.5 Å². The molecule has 1 atom stereocenters. The third-order valence-electron chi connectivity index (χ3n) is 2.50. The average Bonchev–Trinajstić information content (AvgIpc) is 2.18. The molecule has 0 heterocycles. The Morgan fingerprint density at radius 2 is 1.94 bits per heavy atom. The van der Waals surface area contributed by atoms with Crippen LogP contribution in [0.15, 0.2) is 0 Å². The summed E-state index contributed by atoms with van der Waals surface area (Å²) in [7, 11) is 3.52. The fourth-order valence-electron chi connectivity index (χ4n) is 1.59. The van der Waals surface area contributed by atoms with Crippen molar-refractivity contribution < 1.29 is 4.79 Å². The third-order valence-corrected chi connectivity index (χ3v) is 2.78. The SMILES string of the molecule is CCCN(CC(=O)N(C)C)C(CC)C(N)=S. The zero-order chi connectivity index (χ0) is 12.7. The van der Waals surface area contributed by atoms with Crippen molar-refractivity contribution in [2.75, 3.05) is 27.2 Å².